The predicted octanol–water partition coefficient (Wildman–Crippen LogP) is 3.58. The summed E-state index contributed by atoms with van der Waals surface area (Å²) in [6, 6.07) is 15.1. The van der Waals surface area contributed by atoms with Crippen LogP contribution in [0.5, 0.6) is 0 Å². The number of benzene rings is 2. The van der Waals surface area contributed by atoms with E-state index in [1.54, 1.807) is 12.1 Å². The molecule has 3 aromatic rings. The maximum absolute atomic E-state index is 13.1. The summed E-state index contributed by atoms with van der Waals surface area (Å²) in [6.45, 7) is 2.10. The van der Waals surface area contributed by atoms with Gasteiger partial charge in [-0.3, -0.25) is 19.5 Å². The number of rotatable bonds is 7. The molecule has 0 fully saturated rings. The molecule has 1 N–H and O–H groups in total. The Morgan fingerprint density at radius 1 is 1.12 bits per heavy atom. The third-order valence-corrected chi connectivity index (χ3v) is 5.65. The van der Waals surface area contributed by atoms with E-state index < -0.39 is 0 Å². The maximum Gasteiger partial charge on any atom is 0.338 e. The lowest BCUT2D eigenvalue weighted by molar-refractivity contribution is -0.115. The Labute approximate surface area is 186 Å². The lowest BCUT2D eigenvalue weighted by Gasteiger charge is -2.12. The number of hydrogen-bond acceptors (Lipinski definition) is 5. The molecule has 2 aromatic carbocycles. The molecule has 0 saturated heterocycles. The molecule has 7 heteroatoms. The summed E-state index contributed by atoms with van der Waals surface area (Å²) >= 11 is 0. The molecule has 1 aromatic heterocycles. The molecular formula is C25H25N3O4. The van der Waals surface area contributed by atoms with Gasteiger partial charge >= 0.3 is 5.97 Å². The summed E-state index contributed by atoms with van der Waals surface area (Å²) in [5.41, 5.74) is 4.34. The fraction of sp³-hybridized carbons (Fsp3) is 0.280. The van der Waals surface area contributed by atoms with Crippen LogP contribution in [0.15, 0.2) is 53.3 Å². The number of anilines is 1. The summed E-state index contributed by atoms with van der Waals surface area (Å²) < 4.78 is 6.30. The number of carbonyl (C=O) groups excluding carboxylic acids is 2. The van der Waals surface area contributed by atoms with Crippen molar-refractivity contribution in [3.05, 3.63) is 81.3 Å². The second kappa shape index (κ2) is 9.18. The number of nitrogens with one attached hydrogen (secondary N) is 1. The van der Waals surface area contributed by atoms with Crippen LogP contribution in [0.3, 0.4) is 0 Å². The van der Waals surface area contributed by atoms with E-state index in [-0.39, 0.29) is 24.0 Å². The van der Waals surface area contributed by atoms with E-state index >= 15 is 0 Å². The van der Waals surface area contributed by atoms with Gasteiger partial charge < -0.3 is 4.74 Å². The smallest absolute Gasteiger partial charge is 0.338 e. The van der Waals surface area contributed by atoms with Crippen LogP contribution in [0.1, 0.15) is 46.9 Å². The van der Waals surface area contributed by atoms with Crippen molar-refractivity contribution in [2.45, 2.75) is 39.2 Å². The first-order valence-corrected chi connectivity index (χ1v) is 10.7. The third-order valence-electron chi connectivity index (χ3n) is 5.65. The molecule has 0 unspecified atom stereocenters. The van der Waals surface area contributed by atoms with Crippen LogP contribution in [0.25, 0.3) is 11.1 Å². The van der Waals surface area contributed by atoms with Crippen LogP contribution in [0.2, 0.25) is 0 Å². The van der Waals surface area contributed by atoms with Gasteiger partial charge in [0, 0.05) is 12.0 Å². The fourth-order valence-corrected chi connectivity index (χ4v) is 3.95. The van der Waals surface area contributed by atoms with Gasteiger partial charge in [0.15, 0.2) is 0 Å². The van der Waals surface area contributed by atoms with Gasteiger partial charge in [-0.25, -0.2) is 9.78 Å². The molecule has 0 radical (unpaired) electrons. The van der Waals surface area contributed by atoms with Crippen LogP contribution in [-0.2, 0) is 28.9 Å². The van der Waals surface area contributed by atoms with E-state index in [2.05, 4.69) is 17.2 Å². The van der Waals surface area contributed by atoms with Gasteiger partial charge in [-0.15, -0.1) is 0 Å². The van der Waals surface area contributed by atoms with E-state index in [0.717, 1.165) is 35.2 Å². The number of carbonyl (C=O) groups is 2. The van der Waals surface area contributed by atoms with Crippen molar-refractivity contribution in [2.75, 3.05) is 12.4 Å². The van der Waals surface area contributed by atoms with Crippen molar-refractivity contribution < 1.29 is 14.3 Å². The molecule has 4 rings (SSSR count). The highest BCUT2D eigenvalue weighted by Gasteiger charge is 2.24. The quantitative estimate of drug-likeness (QED) is 0.578. The Morgan fingerprint density at radius 2 is 1.88 bits per heavy atom. The monoisotopic (exact) mass is 431 g/mol. The van der Waals surface area contributed by atoms with Crippen molar-refractivity contribution in [1.29, 1.82) is 0 Å². The first-order valence-electron chi connectivity index (χ1n) is 10.7. The van der Waals surface area contributed by atoms with Gasteiger partial charge in [-0.2, -0.15) is 0 Å². The minimum absolute atomic E-state index is 0.00543. The Hall–Kier alpha value is -3.74. The van der Waals surface area contributed by atoms with E-state index in [4.69, 9.17) is 4.74 Å². The average Bonchev–Trinajstić information content (AvgIpc) is 3.20. The number of fused-ring (bicyclic) bond motifs is 1. The zero-order chi connectivity index (χ0) is 22.7. The van der Waals surface area contributed by atoms with E-state index in [0.29, 0.717) is 29.9 Å². The van der Waals surface area contributed by atoms with Crippen LogP contribution >= 0.6 is 0 Å². The van der Waals surface area contributed by atoms with Crippen LogP contribution in [-0.4, -0.2) is 28.5 Å². The standard InChI is InChI=1S/C25H25N3O4/c1-3-4-9-21-20(23(30)28-15-22(29)27-25(28)26-21)14-16-10-12-17(13-11-16)18-7-5-6-8-19(18)24(31)32-2/h5-8,10-13H,3-4,9,14-15H2,1-2H3,(H,26,27,29). The Kier molecular flexibility index (Phi) is 6.16. The van der Waals surface area contributed by atoms with Crippen molar-refractivity contribution >= 4 is 17.8 Å². The summed E-state index contributed by atoms with van der Waals surface area (Å²) in [5, 5.41) is 2.67. The number of hydrogen-bond donors (Lipinski definition) is 1. The molecule has 0 bridgehead atoms. The Bertz CT molecular complexity index is 1230. The van der Waals surface area contributed by atoms with Crippen LogP contribution in [0.4, 0.5) is 5.95 Å². The zero-order valence-electron chi connectivity index (χ0n) is 18.2. The molecule has 2 heterocycles. The molecule has 1 aliphatic rings. The van der Waals surface area contributed by atoms with Gasteiger partial charge in [0.1, 0.15) is 6.54 Å². The average molecular weight is 431 g/mol. The predicted molar refractivity (Wildman–Crippen MR) is 122 cm³/mol. The summed E-state index contributed by atoms with van der Waals surface area (Å²) in [4.78, 5) is 41.6. The first kappa shape index (κ1) is 21.5. The number of ether oxygens (including phenoxy) is 1. The number of nitrogens with zero attached hydrogens (tertiary/aromatic N) is 2. The molecule has 1 aliphatic heterocycles. The molecule has 0 aliphatic carbocycles. The van der Waals surface area contributed by atoms with Crippen LogP contribution < -0.4 is 10.9 Å². The molecule has 0 atom stereocenters. The lowest BCUT2D eigenvalue weighted by atomic mass is 9.96. The van der Waals surface area contributed by atoms with Gasteiger partial charge in [-0.05, 0) is 35.6 Å². The second-order valence-corrected chi connectivity index (χ2v) is 7.81. The zero-order valence-corrected chi connectivity index (χ0v) is 18.2. The van der Waals surface area contributed by atoms with Crippen LogP contribution in [0, 0.1) is 0 Å². The van der Waals surface area contributed by atoms with E-state index in [1.807, 2.05) is 36.4 Å². The van der Waals surface area contributed by atoms with E-state index in [9.17, 15) is 14.4 Å². The van der Waals surface area contributed by atoms with Crippen molar-refractivity contribution in [2.24, 2.45) is 0 Å². The van der Waals surface area contributed by atoms with Gasteiger partial charge in [0.25, 0.3) is 5.56 Å². The molecule has 7 nitrogen and oxygen atoms in total. The number of amides is 1. The van der Waals surface area contributed by atoms with E-state index in [1.165, 1.54) is 11.7 Å². The van der Waals surface area contributed by atoms with Crippen molar-refractivity contribution in [1.82, 2.24) is 9.55 Å². The lowest BCUT2D eigenvalue weighted by Crippen LogP contribution is -2.26. The van der Waals surface area contributed by atoms with Crippen molar-refractivity contribution in [3.63, 3.8) is 0 Å². The van der Waals surface area contributed by atoms with Crippen molar-refractivity contribution in [3.8, 4) is 11.1 Å². The van der Waals surface area contributed by atoms with Gasteiger partial charge in [0.05, 0.1) is 18.4 Å². The fourth-order valence-electron chi connectivity index (χ4n) is 3.95. The molecule has 1 amide bonds. The number of aryl methyl sites for hydroxylation is 1. The SMILES string of the molecule is CCCCc1nc2n(c(=O)c1Cc1ccc(-c3ccccc3C(=O)OC)cc1)CC(=O)N2. The first-order chi connectivity index (χ1) is 15.5. The highest BCUT2D eigenvalue weighted by atomic mass is 16.5. The number of esters is 1. The highest BCUT2D eigenvalue weighted by Crippen LogP contribution is 2.25. The maximum atomic E-state index is 13.1. The number of methoxy groups -OCH3 is 1. The summed E-state index contributed by atoms with van der Waals surface area (Å²) in [7, 11) is 1.37. The largest absolute Gasteiger partial charge is 0.465 e. The summed E-state index contributed by atoms with van der Waals surface area (Å²) in [5.74, 6) is -0.267. The number of unbranched alkanes of at least 4 members (excludes halogenated alkanes) is 1. The molecule has 164 valence electrons. The molecule has 32 heavy (non-hydrogen) atoms. The minimum atomic E-state index is -0.384. The highest BCUT2D eigenvalue weighted by molar-refractivity contribution is 5.97. The number of aromatic nitrogens is 2. The molecule has 0 saturated carbocycles. The Morgan fingerprint density at radius 3 is 2.59 bits per heavy atom. The molecular weight excluding hydrogens is 406 g/mol. The summed E-state index contributed by atoms with van der Waals surface area (Å²) in [6.07, 6.45) is 3.02. The topological polar surface area (TPSA) is 90.3 Å². The third kappa shape index (κ3) is 4.19. The van der Waals surface area contributed by atoms with Gasteiger partial charge in [-0.1, -0.05) is 55.8 Å². The molecule has 0 spiro atoms. The van der Waals surface area contributed by atoms with Gasteiger partial charge in [0.2, 0.25) is 11.9 Å². The normalized spacial score (nSPS) is 12.4. The Balaban J connectivity index is 1.66. The minimum Gasteiger partial charge on any atom is -0.465 e. The second-order valence-electron chi connectivity index (χ2n) is 7.81.